The van der Waals surface area contributed by atoms with Gasteiger partial charge in [0.15, 0.2) is 5.78 Å². The van der Waals surface area contributed by atoms with Gasteiger partial charge < -0.3 is 4.74 Å². The summed E-state index contributed by atoms with van der Waals surface area (Å²) in [7, 11) is 1.62. The van der Waals surface area contributed by atoms with E-state index in [1.54, 1.807) is 20.1 Å². The standard InChI is InChI=1S/C15H18O3/c1-10(16)9-15(2)7-6-11-8-12(18-3)4-5-13(11)14(15)17/h4-5,8H,6-7,9H2,1-3H3/t15-/m1/s1. The molecule has 0 aromatic heterocycles. The summed E-state index contributed by atoms with van der Waals surface area (Å²) in [6, 6.07) is 5.53. The molecule has 0 radical (unpaired) electrons. The third-order valence-electron chi connectivity index (χ3n) is 3.69. The number of carbonyl (C=O) groups is 2. The Bertz CT molecular complexity index is 504. The highest BCUT2D eigenvalue weighted by Crippen LogP contribution is 2.39. The summed E-state index contributed by atoms with van der Waals surface area (Å²) in [6.07, 6.45) is 1.88. The van der Waals surface area contributed by atoms with Gasteiger partial charge in [0.05, 0.1) is 7.11 Å². The Morgan fingerprint density at radius 2 is 2.17 bits per heavy atom. The lowest BCUT2D eigenvalue weighted by molar-refractivity contribution is -0.118. The van der Waals surface area contributed by atoms with E-state index >= 15 is 0 Å². The predicted molar refractivity (Wildman–Crippen MR) is 69.1 cm³/mol. The van der Waals surface area contributed by atoms with Gasteiger partial charge in [-0.25, -0.2) is 0 Å². The predicted octanol–water partition coefficient (Wildman–Crippen LogP) is 2.81. The normalized spacial score (nSPS) is 22.5. The van der Waals surface area contributed by atoms with Crippen LogP contribution in [0.15, 0.2) is 18.2 Å². The molecule has 0 saturated carbocycles. The van der Waals surface area contributed by atoms with E-state index in [-0.39, 0.29) is 11.6 Å². The lowest BCUT2D eigenvalue weighted by atomic mass is 9.69. The second-order valence-electron chi connectivity index (χ2n) is 5.29. The zero-order valence-corrected chi connectivity index (χ0v) is 11.1. The summed E-state index contributed by atoms with van der Waals surface area (Å²) >= 11 is 0. The lowest BCUT2D eigenvalue weighted by Gasteiger charge is -2.32. The number of ketones is 2. The molecule has 0 heterocycles. The number of carbonyl (C=O) groups excluding carboxylic acids is 2. The molecular weight excluding hydrogens is 228 g/mol. The number of rotatable bonds is 3. The molecule has 3 heteroatoms. The maximum Gasteiger partial charge on any atom is 0.169 e. The third-order valence-corrected chi connectivity index (χ3v) is 3.69. The first-order chi connectivity index (χ1) is 8.46. The van der Waals surface area contributed by atoms with E-state index in [0.717, 1.165) is 29.7 Å². The third kappa shape index (κ3) is 2.17. The van der Waals surface area contributed by atoms with Crippen molar-refractivity contribution in [1.29, 1.82) is 0 Å². The van der Waals surface area contributed by atoms with Gasteiger partial charge in [0, 0.05) is 17.4 Å². The fourth-order valence-corrected chi connectivity index (χ4v) is 2.69. The van der Waals surface area contributed by atoms with Crippen LogP contribution in [0.4, 0.5) is 0 Å². The molecular formula is C15H18O3. The SMILES string of the molecule is COc1ccc2c(c1)CC[C@](C)(CC(C)=O)C2=O. The van der Waals surface area contributed by atoms with Crippen molar-refractivity contribution >= 4 is 11.6 Å². The van der Waals surface area contributed by atoms with Crippen LogP contribution < -0.4 is 4.74 Å². The zero-order chi connectivity index (χ0) is 13.3. The fourth-order valence-electron chi connectivity index (χ4n) is 2.69. The van der Waals surface area contributed by atoms with Crippen LogP contribution in [0, 0.1) is 5.41 Å². The van der Waals surface area contributed by atoms with Crippen molar-refractivity contribution in [1.82, 2.24) is 0 Å². The second kappa shape index (κ2) is 4.56. The van der Waals surface area contributed by atoms with Crippen molar-refractivity contribution in [2.75, 3.05) is 7.11 Å². The Hall–Kier alpha value is -1.64. The van der Waals surface area contributed by atoms with Gasteiger partial charge in [-0.15, -0.1) is 0 Å². The Morgan fingerprint density at radius 1 is 1.44 bits per heavy atom. The summed E-state index contributed by atoms with van der Waals surface area (Å²) in [4.78, 5) is 23.8. The molecule has 0 bridgehead atoms. The second-order valence-corrected chi connectivity index (χ2v) is 5.29. The van der Waals surface area contributed by atoms with Crippen LogP contribution in [0.5, 0.6) is 5.75 Å². The molecule has 0 fully saturated rings. The van der Waals surface area contributed by atoms with Crippen LogP contribution in [0.1, 0.15) is 42.6 Å². The van der Waals surface area contributed by atoms with Crippen molar-refractivity contribution < 1.29 is 14.3 Å². The zero-order valence-electron chi connectivity index (χ0n) is 11.1. The van der Waals surface area contributed by atoms with Gasteiger partial charge in [-0.05, 0) is 43.5 Å². The molecule has 0 spiro atoms. The molecule has 0 N–H and O–H groups in total. The minimum atomic E-state index is -0.534. The molecule has 18 heavy (non-hydrogen) atoms. The smallest absolute Gasteiger partial charge is 0.169 e. The first-order valence-corrected chi connectivity index (χ1v) is 6.17. The van der Waals surface area contributed by atoms with Crippen molar-refractivity contribution in [2.45, 2.75) is 33.1 Å². The Kier molecular flexibility index (Phi) is 3.24. The molecule has 1 aromatic carbocycles. The van der Waals surface area contributed by atoms with E-state index in [1.165, 1.54) is 0 Å². The van der Waals surface area contributed by atoms with Crippen LogP contribution in [-0.4, -0.2) is 18.7 Å². The van der Waals surface area contributed by atoms with Gasteiger partial charge in [-0.2, -0.15) is 0 Å². The van der Waals surface area contributed by atoms with Crippen LogP contribution in [0.2, 0.25) is 0 Å². The summed E-state index contributed by atoms with van der Waals surface area (Å²) in [5, 5.41) is 0. The van der Waals surface area contributed by atoms with Gasteiger partial charge in [-0.3, -0.25) is 9.59 Å². The number of aryl methyl sites for hydroxylation is 1. The molecule has 0 amide bonds. The van der Waals surface area contributed by atoms with Crippen molar-refractivity contribution in [3.8, 4) is 5.75 Å². The maximum absolute atomic E-state index is 12.5. The van der Waals surface area contributed by atoms with Crippen molar-refractivity contribution in [2.24, 2.45) is 5.41 Å². The summed E-state index contributed by atoms with van der Waals surface area (Å²) in [5.74, 6) is 0.932. The Labute approximate surface area is 107 Å². The number of fused-ring (bicyclic) bond motifs is 1. The van der Waals surface area contributed by atoms with E-state index in [2.05, 4.69) is 0 Å². The minimum absolute atomic E-state index is 0.0720. The van der Waals surface area contributed by atoms with Crippen LogP contribution in [0.25, 0.3) is 0 Å². The summed E-state index contributed by atoms with van der Waals surface area (Å²) < 4.78 is 5.17. The van der Waals surface area contributed by atoms with E-state index in [1.807, 2.05) is 19.1 Å². The Balaban J connectivity index is 2.37. The topological polar surface area (TPSA) is 43.4 Å². The number of hydrogen-bond donors (Lipinski definition) is 0. The van der Waals surface area contributed by atoms with Crippen LogP contribution >= 0.6 is 0 Å². The van der Waals surface area contributed by atoms with Crippen LogP contribution in [-0.2, 0) is 11.2 Å². The summed E-state index contributed by atoms with van der Waals surface area (Å²) in [5.41, 5.74) is 1.24. The number of Topliss-reactive ketones (excluding diaryl/α,β-unsaturated/α-hetero) is 2. The summed E-state index contributed by atoms with van der Waals surface area (Å²) in [6.45, 7) is 3.44. The fraction of sp³-hybridized carbons (Fsp3) is 0.467. The van der Waals surface area contributed by atoms with E-state index in [9.17, 15) is 9.59 Å². The van der Waals surface area contributed by atoms with Crippen molar-refractivity contribution in [3.63, 3.8) is 0 Å². The monoisotopic (exact) mass is 246 g/mol. The number of hydrogen-bond acceptors (Lipinski definition) is 3. The molecule has 0 aliphatic heterocycles. The molecule has 2 rings (SSSR count). The molecule has 1 atom stereocenters. The molecule has 96 valence electrons. The maximum atomic E-state index is 12.5. The first-order valence-electron chi connectivity index (χ1n) is 6.17. The average Bonchev–Trinajstić information content (AvgIpc) is 2.33. The van der Waals surface area contributed by atoms with Gasteiger partial charge in [0.25, 0.3) is 0 Å². The lowest BCUT2D eigenvalue weighted by Crippen LogP contribution is -2.35. The van der Waals surface area contributed by atoms with Crippen molar-refractivity contribution in [3.05, 3.63) is 29.3 Å². The number of methoxy groups -OCH3 is 1. The van der Waals surface area contributed by atoms with Gasteiger partial charge >= 0.3 is 0 Å². The molecule has 1 aliphatic rings. The minimum Gasteiger partial charge on any atom is -0.497 e. The molecule has 0 saturated heterocycles. The molecule has 1 aromatic rings. The van der Waals surface area contributed by atoms with E-state index in [4.69, 9.17) is 4.74 Å². The highest BCUT2D eigenvalue weighted by Gasteiger charge is 2.39. The van der Waals surface area contributed by atoms with Gasteiger partial charge in [0.1, 0.15) is 11.5 Å². The van der Waals surface area contributed by atoms with Crippen LogP contribution in [0.3, 0.4) is 0 Å². The van der Waals surface area contributed by atoms with E-state index in [0.29, 0.717) is 6.42 Å². The highest BCUT2D eigenvalue weighted by molar-refractivity contribution is 6.04. The van der Waals surface area contributed by atoms with E-state index < -0.39 is 5.41 Å². The quantitative estimate of drug-likeness (QED) is 0.823. The number of ether oxygens (including phenoxy) is 1. The average molecular weight is 246 g/mol. The molecule has 0 unspecified atom stereocenters. The number of benzene rings is 1. The molecule has 3 nitrogen and oxygen atoms in total. The first kappa shape index (κ1) is 12.8. The Morgan fingerprint density at radius 3 is 2.78 bits per heavy atom. The highest BCUT2D eigenvalue weighted by atomic mass is 16.5. The molecule has 1 aliphatic carbocycles. The largest absolute Gasteiger partial charge is 0.497 e. The van der Waals surface area contributed by atoms with Gasteiger partial charge in [-0.1, -0.05) is 6.92 Å². The van der Waals surface area contributed by atoms with Gasteiger partial charge in [0.2, 0.25) is 0 Å².